The van der Waals surface area contributed by atoms with Crippen LogP contribution in [-0.4, -0.2) is 99.6 Å². The Bertz CT molecular complexity index is 828. The van der Waals surface area contributed by atoms with E-state index in [0.29, 0.717) is 13.2 Å². The molecule has 0 radical (unpaired) electrons. The number of aryl methyl sites for hydroxylation is 1. The van der Waals surface area contributed by atoms with Gasteiger partial charge in [0, 0.05) is 52.4 Å². The predicted molar refractivity (Wildman–Crippen MR) is 112 cm³/mol. The van der Waals surface area contributed by atoms with Crippen molar-refractivity contribution in [1.29, 1.82) is 0 Å². The highest BCUT2D eigenvalue weighted by molar-refractivity contribution is 6.28. The van der Waals surface area contributed by atoms with Crippen LogP contribution in [0, 0.1) is 0 Å². The third kappa shape index (κ3) is 4.34. The predicted octanol–water partition coefficient (Wildman–Crippen LogP) is 0.742. The standard InChI is InChI=1S/C19H30ClN7O2/c1-3-14(13-28)26-6-4-25(5-7-26)12-15-21-16-17(24(15)2)22-19(20)23-18(16)27-8-10-29-11-9-27/h14,28H,3-13H2,1-2H3. The Kier molecular flexibility index (Phi) is 6.50. The fourth-order valence-corrected chi connectivity index (χ4v) is 4.35. The highest BCUT2D eigenvalue weighted by Crippen LogP contribution is 2.26. The number of ether oxygens (including phenoxy) is 1. The lowest BCUT2D eigenvalue weighted by atomic mass is 10.1. The van der Waals surface area contributed by atoms with Crippen LogP contribution in [0.4, 0.5) is 5.82 Å². The molecule has 10 heteroatoms. The van der Waals surface area contributed by atoms with Crippen LogP contribution in [0.3, 0.4) is 0 Å². The Morgan fingerprint density at radius 3 is 2.45 bits per heavy atom. The van der Waals surface area contributed by atoms with Gasteiger partial charge in [-0.25, -0.2) is 4.98 Å². The van der Waals surface area contributed by atoms with E-state index in [1.807, 2.05) is 11.6 Å². The molecule has 4 heterocycles. The van der Waals surface area contributed by atoms with E-state index >= 15 is 0 Å². The summed E-state index contributed by atoms with van der Waals surface area (Å²) in [7, 11) is 1.99. The van der Waals surface area contributed by atoms with E-state index in [2.05, 4.69) is 31.6 Å². The van der Waals surface area contributed by atoms with E-state index in [1.54, 1.807) is 0 Å². The Morgan fingerprint density at radius 1 is 1.07 bits per heavy atom. The van der Waals surface area contributed by atoms with Crippen molar-refractivity contribution in [1.82, 2.24) is 29.3 Å². The molecule has 2 aliphatic heterocycles. The van der Waals surface area contributed by atoms with Crippen LogP contribution < -0.4 is 4.90 Å². The van der Waals surface area contributed by atoms with Crippen molar-refractivity contribution in [3.05, 3.63) is 11.1 Å². The number of hydrogen-bond acceptors (Lipinski definition) is 8. The normalized spacial score (nSPS) is 20.5. The molecule has 0 bridgehead atoms. The van der Waals surface area contributed by atoms with Crippen LogP contribution in [0.25, 0.3) is 11.2 Å². The first-order chi connectivity index (χ1) is 14.1. The second-order valence-corrected chi connectivity index (χ2v) is 8.07. The summed E-state index contributed by atoms with van der Waals surface area (Å²) in [5, 5.41) is 9.80. The number of aliphatic hydroxyl groups is 1. The van der Waals surface area contributed by atoms with E-state index in [0.717, 1.165) is 75.0 Å². The molecule has 0 amide bonds. The molecule has 0 spiro atoms. The van der Waals surface area contributed by atoms with Crippen LogP contribution in [0.1, 0.15) is 19.2 Å². The molecule has 0 aliphatic carbocycles. The fourth-order valence-electron chi connectivity index (χ4n) is 4.19. The quantitative estimate of drug-likeness (QED) is 0.681. The lowest BCUT2D eigenvalue weighted by Gasteiger charge is -2.38. The lowest BCUT2D eigenvalue weighted by molar-refractivity contribution is 0.0596. The van der Waals surface area contributed by atoms with Crippen LogP contribution >= 0.6 is 11.6 Å². The zero-order chi connectivity index (χ0) is 20.4. The van der Waals surface area contributed by atoms with Crippen LogP contribution in [0.5, 0.6) is 0 Å². The van der Waals surface area contributed by atoms with E-state index in [1.165, 1.54) is 0 Å². The van der Waals surface area contributed by atoms with E-state index in [9.17, 15) is 5.11 Å². The van der Waals surface area contributed by atoms with Crippen molar-refractivity contribution >= 4 is 28.6 Å². The summed E-state index contributed by atoms with van der Waals surface area (Å²) in [6.07, 6.45) is 0.977. The van der Waals surface area contributed by atoms with Gasteiger partial charge < -0.3 is 19.3 Å². The summed E-state index contributed by atoms with van der Waals surface area (Å²) in [6.45, 7) is 9.89. The van der Waals surface area contributed by atoms with Gasteiger partial charge in [0.1, 0.15) is 5.82 Å². The van der Waals surface area contributed by atoms with Gasteiger partial charge in [-0.3, -0.25) is 9.80 Å². The van der Waals surface area contributed by atoms with Gasteiger partial charge in [0.2, 0.25) is 5.28 Å². The highest BCUT2D eigenvalue weighted by Gasteiger charge is 2.25. The number of morpholine rings is 1. The first-order valence-corrected chi connectivity index (χ1v) is 10.8. The molecule has 0 aromatic carbocycles. The molecule has 1 N–H and O–H groups in total. The minimum absolute atomic E-state index is 0.227. The molecule has 2 aromatic heterocycles. The fraction of sp³-hybridized carbons (Fsp3) is 0.737. The van der Waals surface area contributed by atoms with Gasteiger partial charge in [-0.2, -0.15) is 9.97 Å². The van der Waals surface area contributed by atoms with E-state index < -0.39 is 0 Å². The monoisotopic (exact) mass is 423 g/mol. The Hall–Kier alpha value is -1.52. The number of nitrogens with zero attached hydrogens (tertiary/aromatic N) is 7. The summed E-state index contributed by atoms with van der Waals surface area (Å²) in [6, 6.07) is 0.265. The molecule has 4 rings (SSSR count). The van der Waals surface area contributed by atoms with E-state index in [-0.39, 0.29) is 17.9 Å². The first kappa shape index (κ1) is 20.7. The molecular formula is C19H30ClN7O2. The zero-order valence-corrected chi connectivity index (χ0v) is 18.0. The maximum Gasteiger partial charge on any atom is 0.226 e. The SMILES string of the molecule is CCC(CO)N1CCN(Cc2nc3c(N4CCOCC4)nc(Cl)nc3n2C)CC1. The van der Waals surface area contributed by atoms with Crippen molar-refractivity contribution in [3.63, 3.8) is 0 Å². The molecule has 29 heavy (non-hydrogen) atoms. The largest absolute Gasteiger partial charge is 0.395 e. The first-order valence-electron chi connectivity index (χ1n) is 10.4. The van der Waals surface area contributed by atoms with Gasteiger partial charge in [-0.1, -0.05) is 6.92 Å². The van der Waals surface area contributed by atoms with Crippen molar-refractivity contribution in [3.8, 4) is 0 Å². The molecule has 1 unspecified atom stereocenters. The Morgan fingerprint density at radius 2 is 1.79 bits per heavy atom. The maximum absolute atomic E-state index is 9.55. The van der Waals surface area contributed by atoms with Gasteiger partial charge in [0.25, 0.3) is 0 Å². The molecule has 0 saturated carbocycles. The summed E-state index contributed by atoms with van der Waals surface area (Å²) in [4.78, 5) is 20.8. The summed E-state index contributed by atoms with van der Waals surface area (Å²) in [5.41, 5.74) is 1.57. The van der Waals surface area contributed by atoms with Gasteiger partial charge in [0.15, 0.2) is 17.0 Å². The number of aromatic nitrogens is 4. The second-order valence-electron chi connectivity index (χ2n) is 7.73. The van der Waals surface area contributed by atoms with Gasteiger partial charge in [-0.15, -0.1) is 0 Å². The lowest BCUT2D eigenvalue weighted by Crippen LogP contribution is -2.51. The average molecular weight is 424 g/mol. The second kappa shape index (κ2) is 9.09. The number of rotatable bonds is 6. The third-order valence-electron chi connectivity index (χ3n) is 6.05. The van der Waals surface area contributed by atoms with E-state index in [4.69, 9.17) is 21.3 Å². The van der Waals surface area contributed by atoms with Gasteiger partial charge >= 0.3 is 0 Å². The van der Waals surface area contributed by atoms with Crippen LogP contribution in [0.2, 0.25) is 5.28 Å². The number of imidazole rings is 1. The topological polar surface area (TPSA) is 82.8 Å². The maximum atomic E-state index is 9.55. The Balaban J connectivity index is 1.52. The molecule has 2 saturated heterocycles. The average Bonchev–Trinajstić information content (AvgIpc) is 3.05. The zero-order valence-electron chi connectivity index (χ0n) is 17.2. The minimum atomic E-state index is 0.227. The van der Waals surface area contributed by atoms with Crippen LogP contribution in [-0.2, 0) is 18.3 Å². The molecule has 2 fully saturated rings. The van der Waals surface area contributed by atoms with Crippen molar-refractivity contribution in [2.75, 3.05) is 64.0 Å². The molecule has 9 nitrogen and oxygen atoms in total. The van der Waals surface area contributed by atoms with Crippen molar-refractivity contribution in [2.45, 2.75) is 25.9 Å². The number of halogens is 1. The summed E-state index contributed by atoms with van der Waals surface area (Å²) >= 11 is 6.23. The summed E-state index contributed by atoms with van der Waals surface area (Å²) in [5.74, 6) is 1.76. The van der Waals surface area contributed by atoms with Crippen molar-refractivity contribution < 1.29 is 9.84 Å². The Labute approximate surface area is 176 Å². The molecular weight excluding hydrogens is 394 g/mol. The number of aliphatic hydroxyl groups excluding tert-OH is 1. The van der Waals surface area contributed by atoms with Crippen molar-refractivity contribution in [2.24, 2.45) is 7.05 Å². The number of hydrogen-bond donors (Lipinski definition) is 1. The number of anilines is 1. The van der Waals surface area contributed by atoms with Crippen LogP contribution in [0.15, 0.2) is 0 Å². The molecule has 2 aliphatic rings. The number of fused-ring (bicyclic) bond motifs is 1. The highest BCUT2D eigenvalue weighted by atomic mass is 35.5. The van der Waals surface area contributed by atoms with Gasteiger partial charge in [0.05, 0.1) is 26.4 Å². The van der Waals surface area contributed by atoms with Gasteiger partial charge in [-0.05, 0) is 18.0 Å². The third-order valence-corrected chi connectivity index (χ3v) is 6.22. The molecule has 2 aromatic rings. The minimum Gasteiger partial charge on any atom is -0.395 e. The summed E-state index contributed by atoms with van der Waals surface area (Å²) < 4.78 is 7.49. The smallest absolute Gasteiger partial charge is 0.226 e. The number of piperazine rings is 1. The molecule has 1 atom stereocenters. The molecule has 160 valence electrons.